The summed E-state index contributed by atoms with van der Waals surface area (Å²) in [4.78, 5) is 24.2. The molecule has 2 aromatic heterocycles. The van der Waals surface area contributed by atoms with Gasteiger partial charge in [-0.25, -0.2) is 14.4 Å². The number of fused-ring (bicyclic) bond motifs is 1. The first-order valence-electron chi connectivity index (χ1n) is 10.6. The Balaban J connectivity index is 1.43. The van der Waals surface area contributed by atoms with Crippen LogP contribution >= 0.6 is 11.3 Å². The first-order chi connectivity index (χ1) is 16.0. The van der Waals surface area contributed by atoms with Gasteiger partial charge in [-0.15, -0.1) is 0 Å². The maximum atomic E-state index is 15.0. The van der Waals surface area contributed by atoms with Crippen molar-refractivity contribution in [1.82, 2.24) is 14.9 Å². The Labute approximate surface area is 195 Å². The summed E-state index contributed by atoms with van der Waals surface area (Å²) < 4.78 is 20.0. The van der Waals surface area contributed by atoms with Crippen LogP contribution in [0.2, 0.25) is 0 Å². The molecule has 4 aromatic rings. The van der Waals surface area contributed by atoms with Gasteiger partial charge in [-0.1, -0.05) is 53.8 Å². The van der Waals surface area contributed by atoms with Gasteiger partial charge in [-0.3, -0.25) is 4.79 Å². The highest BCUT2D eigenvalue weighted by Gasteiger charge is 2.39. The molecule has 0 fully saturated rings. The van der Waals surface area contributed by atoms with E-state index in [0.29, 0.717) is 29.3 Å². The Morgan fingerprint density at radius 2 is 1.88 bits per heavy atom. The van der Waals surface area contributed by atoms with Crippen molar-refractivity contribution < 1.29 is 13.9 Å². The molecule has 1 aliphatic carbocycles. The molecule has 0 bridgehead atoms. The van der Waals surface area contributed by atoms with E-state index in [1.807, 2.05) is 30.3 Å². The van der Waals surface area contributed by atoms with E-state index in [0.717, 1.165) is 16.0 Å². The van der Waals surface area contributed by atoms with E-state index in [2.05, 4.69) is 29.3 Å². The van der Waals surface area contributed by atoms with E-state index < -0.39 is 5.82 Å². The second-order valence-electron chi connectivity index (χ2n) is 8.02. The smallest absolute Gasteiger partial charge is 0.253 e. The van der Waals surface area contributed by atoms with Crippen LogP contribution in [0.25, 0.3) is 20.9 Å². The summed E-state index contributed by atoms with van der Waals surface area (Å²) in [7, 11) is 3.24. The predicted molar refractivity (Wildman–Crippen MR) is 128 cm³/mol. The van der Waals surface area contributed by atoms with Crippen LogP contribution in [-0.2, 0) is 10.2 Å². The normalized spacial score (nSPS) is 13.9. The molecule has 166 valence electrons. The highest BCUT2D eigenvalue weighted by molar-refractivity contribution is 7.21. The number of pyridine rings is 1. The second-order valence-corrected chi connectivity index (χ2v) is 9.00. The fraction of sp³-hybridized carbons (Fsp3) is 0.192. The Kier molecular flexibility index (Phi) is 5.52. The molecular formula is C26H22FN3O2S. The van der Waals surface area contributed by atoms with Crippen LogP contribution in [0.5, 0.6) is 0 Å². The third-order valence-corrected chi connectivity index (χ3v) is 6.85. The molecule has 0 atom stereocenters. The van der Waals surface area contributed by atoms with Crippen molar-refractivity contribution in [3.8, 4) is 10.6 Å². The summed E-state index contributed by atoms with van der Waals surface area (Å²) in [6.07, 6.45) is 4.27. The lowest BCUT2D eigenvalue weighted by Gasteiger charge is -2.16. The van der Waals surface area contributed by atoms with E-state index in [4.69, 9.17) is 9.72 Å². The Morgan fingerprint density at radius 3 is 2.58 bits per heavy atom. The van der Waals surface area contributed by atoms with Gasteiger partial charge in [0.25, 0.3) is 5.91 Å². The van der Waals surface area contributed by atoms with Gasteiger partial charge in [0.1, 0.15) is 21.2 Å². The maximum absolute atomic E-state index is 15.0. The van der Waals surface area contributed by atoms with Crippen molar-refractivity contribution in [1.29, 1.82) is 0 Å². The molecule has 0 saturated carbocycles. The molecule has 2 heterocycles. The molecule has 0 N–H and O–H groups in total. The van der Waals surface area contributed by atoms with E-state index in [9.17, 15) is 9.18 Å². The van der Waals surface area contributed by atoms with Crippen molar-refractivity contribution in [2.24, 2.45) is 0 Å². The van der Waals surface area contributed by atoms with E-state index in [-0.39, 0.29) is 11.3 Å². The van der Waals surface area contributed by atoms with Gasteiger partial charge in [-0.2, -0.15) is 0 Å². The third kappa shape index (κ3) is 3.94. The minimum absolute atomic E-state index is 0.253. The number of rotatable bonds is 7. The minimum Gasteiger partial charge on any atom is -0.383 e. The highest BCUT2D eigenvalue weighted by Crippen LogP contribution is 2.45. The lowest BCUT2D eigenvalue weighted by atomic mass is 9.89. The number of carbonyl (C=O) groups excluding carboxylic acids is 1. The zero-order valence-corrected chi connectivity index (χ0v) is 19.1. The van der Waals surface area contributed by atoms with Crippen LogP contribution in [-0.4, -0.2) is 48.1 Å². The standard InChI is InChI=1S/C26H22FN3O2S/c1-30(14-15-32-2)25(31)17-8-9-19(20(27)16-17)23-28-21-10-11-22(29-24(21)33-23)26(12-13-26)18-6-4-3-5-7-18/h3-13,16H,14-15H2,1-2H3. The quantitative estimate of drug-likeness (QED) is 0.362. The Bertz CT molecular complexity index is 1360. The van der Waals surface area contributed by atoms with Crippen molar-refractivity contribution in [3.05, 3.63) is 95.5 Å². The number of benzene rings is 2. The zero-order chi connectivity index (χ0) is 23.0. The third-order valence-electron chi connectivity index (χ3n) is 5.85. The molecule has 0 aliphatic heterocycles. The first kappa shape index (κ1) is 21.4. The van der Waals surface area contributed by atoms with Crippen molar-refractivity contribution in [2.45, 2.75) is 5.41 Å². The number of amides is 1. The summed E-state index contributed by atoms with van der Waals surface area (Å²) in [6.45, 7) is 0.856. The van der Waals surface area contributed by atoms with Crippen molar-refractivity contribution in [3.63, 3.8) is 0 Å². The number of hydrogen-bond acceptors (Lipinski definition) is 5. The Hall–Kier alpha value is -3.42. The van der Waals surface area contributed by atoms with Crippen molar-refractivity contribution >= 4 is 27.6 Å². The van der Waals surface area contributed by atoms with Gasteiger partial charge < -0.3 is 9.64 Å². The second kappa shape index (κ2) is 8.50. The molecule has 0 saturated heterocycles. The lowest BCUT2D eigenvalue weighted by Crippen LogP contribution is -2.30. The van der Waals surface area contributed by atoms with Crippen LogP contribution in [0, 0.1) is 5.82 Å². The average Bonchev–Trinajstić information content (AvgIpc) is 3.55. The largest absolute Gasteiger partial charge is 0.383 e. The molecule has 0 unspecified atom stereocenters. The van der Waals surface area contributed by atoms with Crippen LogP contribution in [0.3, 0.4) is 0 Å². The molecular weight excluding hydrogens is 437 g/mol. The number of aromatic nitrogens is 2. The molecule has 33 heavy (non-hydrogen) atoms. The lowest BCUT2D eigenvalue weighted by molar-refractivity contribution is 0.0744. The number of hydrogen-bond donors (Lipinski definition) is 0. The monoisotopic (exact) mass is 459 g/mol. The van der Waals surface area contributed by atoms with Crippen LogP contribution in [0.15, 0.2) is 72.8 Å². The van der Waals surface area contributed by atoms with Crippen LogP contribution in [0.1, 0.15) is 21.6 Å². The van der Waals surface area contributed by atoms with Gasteiger partial charge in [0.15, 0.2) is 0 Å². The zero-order valence-electron chi connectivity index (χ0n) is 18.3. The minimum atomic E-state index is -0.482. The topological polar surface area (TPSA) is 55.3 Å². The van der Waals surface area contributed by atoms with Gasteiger partial charge in [0.05, 0.1) is 17.7 Å². The summed E-state index contributed by atoms with van der Waals surface area (Å²) >= 11 is 1.35. The van der Waals surface area contributed by atoms with E-state index >= 15 is 0 Å². The number of thiazole rings is 1. The molecule has 0 radical (unpaired) electrons. The number of methoxy groups -OCH3 is 1. The fourth-order valence-corrected chi connectivity index (χ4v) is 4.81. The van der Waals surface area contributed by atoms with Crippen molar-refractivity contribution in [2.75, 3.05) is 27.3 Å². The maximum Gasteiger partial charge on any atom is 0.253 e. The first-order valence-corrected chi connectivity index (χ1v) is 11.4. The van der Waals surface area contributed by atoms with Gasteiger partial charge in [0, 0.05) is 31.8 Å². The summed E-state index contributed by atoms with van der Waals surface area (Å²) in [5.41, 5.74) is 3.20. The SMILES string of the molecule is COCCN(C)C(=O)c1ccc(-c2nc3ccc(C4(c5ccccc5)C=C4)nc3s2)c(F)c1. The fourth-order valence-electron chi connectivity index (χ4n) is 3.84. The molecule has 7 heteroatoms. The number of likely N-dealkylation sites (N-methyl/N-ethyl adjacent to an activating group) is 1. The number of nitrogens with zero attached hydrogens (tertiary/aromatic N) is 3. The van der Waals surface area contributed by atoms with Crippen LogP contribution in [0.4, 0.5) is 4.39 Å². The molecule has 5 rings (SSSR count). The number of carbonyl (C=O) groups is 1. The van der Waals surface area contributed by atoms with Crippen LogP contribution < -0.4 is 0 Å². The molecule has 5 nitrogen and oxygen atoms in total. The summed E-state index contributed by atoms with van der Waals surface area (Å²) in [5, 5.41) is 0.538. The Morgan fingerprint density at radius 1 is 1.09 bits per heavy atom. The van der Waals surface area contributed by atoms with Gasteiger partial charge in [0.2, 0.25) is 0 Å². The van der Waals surface area contributed by atoms with Gasteiger partial charge >= 0.3 is 0 Å². The number of allylic oxidation sites excluding steroid dienone is 2. The van der Waals surface area contributed by atoms with E-state index in [1.165, 1.54) is 27.9 Å². The molecule has 1 amide bonds. The molecule has 1 aliphatic rings. The molecule has 0 spiro atoms. The molecule has 2 aromatic carbocycles. The van der Waals surface area contributed by atoms with Gasteiger partial charge in [-0.05, 0) is 35.9 Å². The summed E-state index contributed by atoms with van der Waals surface area (Å²) in [6, 6.07) is 18.6. The predicted octanol–water partition coefficient (Wildman–Crippen LogP) is 5.07. The van der Waals surface area contributed by atoms with E-state index in [1.54, 1.807) is 26.3 Å². The summed E-state index contributed by atoms with van der Waals surface area (Å²) in [5.74, 6) is -0.735. The number of halogens is 1. The number of ether oxygens (including phenoxy) is 1. The highest BCUT2D eigenvalue weighted by atomic mass is 32.1. The average molecular weight is 460 g/mol.